The predicted octanol–water partition coefficient (Wildman–Crippen LogP) is 1.54. The SMILES string of the molecule is CN/C=C/CC(=O)OC(C(=O)NC1CC1)c1ccc(C#N)cc1. The highest BCUT2D eigenvalue weighted by atomic mass is 16.5. The number of esters is 1. The summed E-state index contributed by atoms with van der Waals surface area (Å²) in [7, 11) is 1.73. The van der Waals surface area contributed by atoms with Crippen molar-refractivity contribution in [1.29, 1.82) is 5.26 Å². The fourth-order valence-electron chi connectivity index (χ4n) is 1.96. The maximum atomic E-state index is 12.3. The summed E-state index contributed by atoms with van der Waals surface area (Å²) < 4.78 is 5.33. The molecule has 1 aromatic carbocycles. The van der Waals surface area contributed by atoms with Gasteiger partial charge in [0.2, 0.25) is 6.10 Å². The van der Waals surface area contributed by atoms with Crippen molar-refractivity contribution in [2.45, 2.75) is 31.4 Å². The molecular formula is C17H19N3O3. The number of nitriles is 1. The molecule has 2 N–H and O–H groups in total. The average molecular weight is 313 g/mol. The normalized spacial score (nSPS) is 14.8. The fraction of sp³-hybridized carbons (Fsp3) is 0.353. The molecule has 2 rings (SSSR count). The van der Waals surface area contributed by atoms with Crippen LogP contribution in [0.1, 0.15) is 36.5 Å². The summed E-state index contributed by atoms with van der Waals surface area (Å²) in [5.74, 6) is -0.819. The van der Waals surface area contributed by atoms with Gasteiger partial charge in [-0.15, -0.1) is 0 Å². The lowest BCUT2D eigenvalue weighted by molar-refractivity contribution is -0.155. The summed E-state index contributed by atoms with van der Waals surface area (Å²) in [6.07, 6.45) is 4.22. The molecule has 1 aromatic rings. The number of amides is 1. The molecule has 0 bridgehead atoms. The van der Waals surface area contributed by atoms with Crippen molar-refractivity contribution in [2.24, 2.45) is 0 Å². The molecule has 1 aliphatic rings. The van der Waals surface area contributed by atoms with Gasteiger partial charge < -0.3 is 15.4 Å². The Morgan fingerprint density at radius 2 is 2.09 bits per heavy atom. The van der Waals surface area contributed by atoms with Crippen LogP contribution in [-0.4, -0.2) is 25.0 Å². The molecule has 6 nitrogen and oxygen atoms in total. The molecule has 6 heteroatoms. The van der Waals surface area contributed by atoms with Gasteiger partial charge in [-0.3, -0.25) is 9.59 Å². The molecule has 1 atom stereocenters. The number of ether oxygens (including phenoxy) is 1. The van der Waals surface area contributed by atoms with Crippen molar-refractivity contribution < 1.29 is 14.3 Å². The van der Waals surface area contributed by atoms with E-state index in [-0.39, 0.29) is 18.4 Å². The van der Waals surface area contributed by atoms with Gasteiger partial charge in [0.25, 0.3) is 5.91 Å². The lowest BCUT2D eigenvalue weighted by Crippen LogP contribution is -2.33. The number of hydrogen-bond donors (Lipinski definition) is 2. The molecule has 120 valence electrons. The first kappa shape index (κ1) is 16.6. The Hall–Kier alpha value is -2.81. The number of benzene rings is 1. The number of carbonyl (C=O) groups excluding carboxylic acids is 2. The lowest BCUT2D eigenvalue weighted by Gasteiger charge is -2.17. The Morgan fingerprint density at radius 3 is 2.65 bits per heavy atom. The average Bonchev–Trinajstić information content (AvgIpc) is 3.37. The molecule has 23 heavy (non-hydrogen) atoms. The lowest BCUT2D eigenvalue weighted by atomic mass is 10.1. The van der Waals surface area contributed by atoms with Crippen molar-refractivity contribution >= 4 is 11.9 Å². The van der Waals surface area contributed by atoms with Crippen LogP contribution in [0.25, 0.3) is 0 Å². The first-order valence-electron chi connectivity index (χ1n) is 7.46. The highest BCUT2D eigenvalue weighted by Crippen LogP contribution is 2.24. The summed E-state index contributed by atoms with van der Waals surface area (Å²) >= 11 is 0. The van der Waals surface area contributed by atoms with Gasteiger partial charge in [0.05, 0.1) is 18.1 Å². The zero-order chi connectivity index (χ0) is 16.7. The fourth-order valence-corrected chi connectivity index (χ4v) is 1.96. The van der Waals surface area contributed by atoms with E-state index in [1.807, 2.05) is 6.07 Å². The van der Waals surface area contributed by atoms with Crippen molar-refractivity contribution in [2.75, 3.05) is 7.05 Å². The second-order valence-corrected chi connectivity index (χ2v) is 5.28. The van der Waals surface area contributed by atoms with E-state index in [1.165, 1.54) is 0 Å². The van der Waals surface area contributed by atoms with Gasteiger partial charge in [-0.05, 0) is 31.2 Å². The number of nitrogens with one attached hydrogen (secondary N) is 2. The van der Waals surface area contributed by atoms with Crippen LogP contribution in [-0.2, 0) is 14.3 Å². The zero-order valence-electron chi connectivity index (χ0n) is 12.9. The van der Waals surface area contributed by atoms with Crippen molar-refractivity contribution in [3.8, 4) is 6.07 Å². The molecule has 1 amide bonds. The molecule has 0 spiro atoms. The standard InChI is InChI=1S/C17H19N3O3/c1-19-10-2-3-15(21)23-16(17(22)20-14-8-9-14)13-6-4-12(11-18)5-7-13/h2,4-7,10,14,16,19H,3,8-9H2,1H3,(H,20,22)/b10-2+. The van der Waals surface area contributed by atoms with E-state index in [2.05, 4.69) is 10.6 Å². The minimum Gasteiger partial charge on any atom is -0.447 e. The highest BCUT2D eigenvalue weighted by molar-refractivity contribution is 5.85. The van der Waals surface area contributed by atoms with E-state index in [1.54, 1.807) is 43.6 Å². The molecule has 0 aromatic heterocycles. The molecule has 1 fully saturated rings. The number of rotatable bonds is 7. The van der Waals surface area contributed by atoms with Gasteiger partial charge in [-0.1, -0.05) is 18.2 Å². The van der Waals surface area contributed by atoms with Crippen molar-refractivity contribution in [3.63, 3.8) is 0 Å². The van der Waals surface area contributed by atoms with Crippen molar-refractivity contribution in [1.82, 2.24) is 10.6 Å². The Balaban J connectivity index is 2.09. The van der Waals surface area contributed by atoms with Crippen LogP contribution in [0, 0.1) is 11.3 Å². The van der Waals surface area contributed by atoms with Gasteiger partial charge in [0.1, 0.15) is 0 Å². The van der Waals surface area contributed by atoms with E-state index in [9.17, 15) is 9.59 Å². The second-order valence-electron chi connectivity index (χ2n) is 5.28. The summed E-state index contributed by atoms with van der Waals surface area (Å²) in [5.41, 5.74) is 1.03. The number of hydrogen-bond acceptors (Lipinski definition) is 5. The Kier molecular flexibility index (Phi) is 5.75. The van der Waals surface area contributed by atoms with Crippen LogP contribution in [0.5, 0.6) is 0 Å². The maximum Gasteiger partial charge on any atom is 0.310 e. The van der Waals surface area contributed by atoms with Gasteiger partial charge in [0.15, 0.2) is 0 Å². The maximum absolute atomic E-state index is 12.3. The zero-order valence-corrected chi connectivity index (χ0v) is 12.9. The smallest absolute Gasteiger partial charge is 0.310 e. The third-order valence-electron chi connectivity index (χ3n) is 3.32. The summed E-state index contributed by atoms with van der Waals surface area (Å²) in [6, 6.07) is 8.65. The van der Waals surface area contributed by atoms with Crippen LogP contribution < -0.4 is 10.6 Å². The molecule has 0 radical (unpaired) electrons. The number of carbonyl (C=O) groups is 2. The van der Waals surface area contributed by atoms with Gasteiger partial charge in [-0.25, -0.2) is 0 Å². The van der Waals surface area contributed by atoms with E-state index in [4.69, 9.17) is 10.00 Å². The van der Waals surface area contributed by atoms with E-state index in [0.717, 1.165) is 12.8 Å². The molecule has 0 saturated heterocycles. The summed E-state index contributed by atoms with van der Waals surface area (Å²) in [5, 5.41) is 14.5. The van der Waals surface area contributed by atoms with Crippen LogP contribution in [0.2, 0.25) is 0 Å². The third-order valence-corrected chi connectivity index (χ3v) is 3.32. The van der Waals surface area contributed by atoms with Crippen LogP contribution >= 0.6 is 0 Å². The molecule has 1 aliphatic carbocycles. The van der Waals surface area contributed by atoms with E-state index >= 15 is 0 Å². The largest absolute Gasteiger partial charge is 0.447 e. The second kappa shape index (κ2) is 7.99. The molecule has 1 unspecified atom stereocenters. The Labute approximate surface area is 135 Å². The monoisotopic (exact) mass is 313 g/mol. The quantitative estimate of drug-likeness (QED) is 0.745. The van der Waals surface area contributed by atoms with Gasteiger partial charge >= 0.3 is 5.97 Å². The molecule has 0 heterocycles. The van der Waals surface area contributed by atoms with E-state index < -0.39 is 12.1 Å². The number of nitrogens with zero attached hydrogens (tertiary/aromatic N) is 1. The third kappa shape index (κ3) is 5.15. The van der Waals surface area contributed by atoms with Crippen molar-refractivity contribution in [3.05, 3.63) is 47.7 Å². The predicted molar refractivity (Wildman–Crippen MR) is 84.0 cm³/mol. The van der Waals surface area contributed by atoms with Gasteiger partial charge in [0, 0.05) is 18.7 Å². The van der Waals surface area contributed by atoms with Crippen LogP contribution in [0.3, 0.4) is 0 Å². The molecule has 0 aliphatic heterocycles. The summed E-state index contributed by atoms with van der Waals surface area (Å²) in [4.78, 5) is 24.2. The Morgan fingerprint density at radius 1 is 1.39 bits per heavy atom. The summed E-state index contributed by atoms with van der Waals surface area (Å²) in [6.45, 7) is 0. The molecule has 1 saturated carbocycles. The Bertz CT molecular complexity index is 627. The minimum absolute atomic E-state index is 0.0737. The molecular weight excluding hydrogens is 294 g/mol. The van der Waals surface area contributed by atoms with Crippen LogP contribution in [0.15, 0.2) is 36.5 Å². The highest BCUT2D eigenvalue weighted by Gasteiger charge is 2.30. The topological polar surface area (TPSA) is 91.2 Å². The minimum atomic E-state index is -1.00. The van der Waals surface area contributed by atoms with E-state index in [0.29, 0.717) is 11.1 Å². The first-order chi connectivity index (χ1) is 11.1. The van der Waals surface area contributed by atoms with Gasteiger partial charge in [-0.2, -0.15) is 5.26 Å². The first-order valence-corrected chi connectivity index (χ1v) is 7.46. The van der Waals surface area contributed by atoms with Crippen LogP contribution in [0.4, 0.5) is 0 Å².